The molecule has 4 aromatic rings. The van der Waals surface area contributed by atoms with Gasteiger partial charge in [-0.3, -0.25) is 4.90 Å². The van der Waals surface area contributed by atoms with Crippen LogP contribution in [0.4, 0.5) is 0 Å². The van der Waals surface area contributed by atoms with Crippen LogP contribution < -0.4 is 18.9 Å². The summed E-state index contributed by atoms with van der Waals surface area (Å²) in [7, 11) is 3.41. The van der Waals surface area contributed by atoms with Crippen molar-refractivity contribution in [1.82, 2.24) is 9.88 Å². The molecule has 3 aliphatic heterocycles. The van der Waals surface area contributed by atoms with Crippen LogP contribution in [0.1, 0.15) is 63.5 Å². The van der Waals surface area contributed by atoms with E-state index in [4.69, 9.17) is 23.7 Å². The van der Waals surface area contributed by atoms with E-state index < -0.39 is 0 Å². The van der Waals surface area contributed by atoms with Gasteiger partial charge < -0.3 is 28.7 Å². The van der Waals surface area contributed by atoms with Crippen molar-refractivity contribution >= 4 is 16.9 Å². The number of aromatic amines is 1. The molecule has 7 rings (SSSR count). The molecule has 0 aliphatic carbocycles. The monoisotopic (exact) mass is 554 g/mol. The Morgan fingerprint density at radius 2 is 1.90 bits per heavy atom. The van der Waals surface area contributed by atoms with E-state index in [0.717, 1.165) is 66.3 Å². The highest BCUT2D eigenvalue weighted by Gasteiger charge is 2.41. The van der Waals surface area contributed by atoms with Crippen molar-refractivity contribution < 1.29 is 28.5 Å². The minimum Gasteiger partial charge on any atom is -0.493 e. The van der Waals surface area contributed by atoms with Gasteiger partial charge in [0.25, 0.3) is 0 Å². The lowest BCUT2D eigenvalue weighted by molar-refractivity contribution is 0.0526. The molecule has 0 bridgehead atoms. The number of hydrogen-bond acceptors (Lipinski definition) is 7. The number of hydrogen-bond donors (Lipinski definition) is 1. The summed E-state index contributed by atoms with van der Waals surface area (Å²) in [5.74, 6) is 3.15. The van der Waals surface area contributed by atoms with E-state index in [1.54, 1.807) is 14.2 Å². The lowest BCUT2D eigenvalue weighted by atomic mass is 9.74. The highest BCUT2D eigenvalue weighted by atomic mass is 16.7. The first-order valence-corrected chi connectivity index (χ1v) is 14.3. The van der Waals surface area contributed by atoms with Crippen LogP contribution in [-0.2, 0) is 24.1 Å². The van der Waals surface area contributed by atoms with E-state index in [0.29, 0.717) is 12.2 Å². The largest absolute Gasteiger partial charge is 0.493 e. The Kier molecular flexibility index (Phi) is 6.50. The van der Waals surface area contributed by atoms with Crippen LogP contribution in [0.15, 0.2) is 48.7 Å². The number of carbonyl (C=O) groups excluding carboxylic acids is 1. The molecular formula is C33H34N2O6. The number of methoxy groups -OCH3 is 2. The van der Waals surface area contributed by atoms with Gasteiger partial charge in [0.05, 0.1) is 26.4 Å². The quantitative estimate of drug-likeness (QED) is 0.284. The van der Waals surface area contributed by atoms with Gasteiger partial charge in [-0.1, -0.05) is 6.07 Å². The average molecular weight is 555 g/mol. The summed E-state index contributed by atoms with van der Waals surface area (Å²) in [6.07, 6.45) is 4.78. The Bertz CT molecular complexity index is 1640. The summed E-state index contributed by atoms with van der Waals surface area (Å²) in [6, 6.07) is 14.5. The minimum absolute atomic E-state index is 0.194. The Morgan fingerprint density at radius 3 is 2.71 bits per heavy atom. The number of fused-ring (bicyclic) bond motifs is 6. The number of nitrogens with zero attached hydrogens (tertiary/aromatic N) is 1. The van der Waals surface area contributed by atoms with Gasteiger partial charge >= 0.3 is 5.97 Å². The van der Waals surface area contributed by atoms with Crippen molar-refractivity contribution in [2.24, 2.45) is 0 Å². The smallest absolute Gasteiger partial charge is 0.338 e. The zero-order valence-corrected chi connectivity index (χ0v) is 23.6. The number of benzene rings is 3. The molecule has 4 heterocycles. The van der Waals surface area contributed by atoms with Gasteiger partial charge in [0.1, 0.15) is 0 Å². The van der Waals surface area contributed by atoms with E-state index in [1.807, 2.05) is 31.2 Å². The van der Waals surface area contributed by atoms with Crippen molar-refractivity contribution in [3.05, 3.63) is 82.0 Å². The van der Waals surface area contributed by atoms with Crippen LogP contribution in [0, 0.1) is 0 Å². The first kappa shape index (κ1) is 25.8. The molecule has 8 nitrogen and oxygen atoms in total. The standard InChI is InChI=1S/C33H34N2O6/c1-4-39-33(36)20-6-9-27-24(13-20)21(16-34-27)5-7-23-22-8-10-28(37-2)32(38-3)26(22)17-35-12-11-19-14-29-30(41-18-40-29)15-25(19)31(23)35/h6,8-10,13-16,23,31,34H,4-5,7,11-12,17-18H2,1-3H3. The maximum Gasteiger partial charge on any atom is 0.338 e. The Labute approximate surface area is 239 Å². The molecule has 0 fully saturated rings. The number of nitrogens with one attached hydrogen (secondary N) is 1. The summed E-state index contributed by atoms with van der Waals surface area (Å²) in [4.78, 5) is 18.4. The van der Waals surface area contributed by atoms with Gasteiger partial charge in [-0.15, -0.1) is 0 Å². The second kappa shape index (κ2) is 10.3. The zero-order chi connectivity index (χ0) is 28.1. The summed E-state index contributed by atoms with van der Waals surface area (Å²) in [5.41, 5.74) is 7.91. The second-order valence-electron chi connectivity index (χ2n) is 10.9. The van der Waals surface area contributed by atoms with Gasteiger partial charge in [-0.05, 0) is 84.8 Å². The number of carbonyl (C=O) groups is 1. The van der Waals surface area contributed by atoms with Gasteiger partial charge in [-0.2, -0.15) is 0 Å². The average Bonchev–Trinajstić information content (AvgIpc) is 3.63. The molecule has 2 unspecified atom stereocenters. The third kappa shape index (κ3) is 4.28. The highest BCUT2D eigenvalue weighted by Crippen LogP contribution is 2.53. The molecule has 2 atom stereocenters. The number of esters is 1. The molecule has 41 heavy (non-hydrogen) atoms. The van der Waals surface area contributed by atoms with Crippen molar-refractivity contribution in [3.8, 4) is 23.0 Å². The predicted octanol–water partition coefficient (Wildman–Crippen LogP) is 5.92. The molecule has 3 aromatic carbocycles. The molecule has 0 radical (unpaired) electrons. The highest BCUT2D eigenvalue weighted by molar-refractivity contribution is 5.95. The molecule has 0 saturated heterocycles. The number of H-pyrrole nitrogens is 1. The molecule has 1 N–H and O–H groups in total. The number of aryl methyl sites for hydroxylation is 1. The molecule has 0 saturated carbocycles. The predicted molar refractivity (Wildman–Crippen MR) is 154 cm³/mol. The van der Waals surface area contributed by atoms with Crippen molar-refractivity contribution in [2.45, 2.75) is 44.7 Å². The van der Waals surface area contributed by atoms with Crippen LogP contribution >= 0.6 is 0 Å². The first-order valence-electron chi connectivity index (χ1n) is 14.3. The van der Waals surface area contributed by atoms with Crippen molar-refractivity contribution in [3.63, 3.8) is 0 Å². The lowest BCUT2D eigenvalue weighted by Crippen LogP contribution is -2.42. The third-order valence-electron chi connectivity index (χ3n) is 8.84. The molecule has 3 aliphatic rings. The second-order valence-corrected chi connectivity index (χ2v) is 10.9. The van der Waals surface area contributed by atoms with Crippen LogP contribution in [-0.4, -0.2) is 50.0 Å². The summed E-state index contributed by atoms with van der Waals surface area (Å²) < 4.78 is 28.4. The topological polar surface area (TPSA) is 82.3 Å². The molecular weight excluding hydrogens is 520 g/mol. The fraction of sp³-hybridized carbons (Fsp3) is 0.364. The lowest BCUT2D eigenvalue weighted by Gasteiger charge is -2.46. The van der Waals surface area contributed by atoms with Gasteiger partial charge in [0.2, 0.25) is 6.79 Å². The van der Waals surface area contributed by atoms with Crippen LogP contribution in [0.5, 0.6) is 23.0 Å². The van der Waals surface area contributed by atoms with Gasteiger partial charge in [0, 0.05) is 47.7 Å². The third-order valence-corrected chi connectivity index (χ3v) is 8.84. The first-order chi connectivity index (χ1) is 20.1. The molecule has 0 spiro atoms. The number of ether oxygens (including phenoxy) is 5. The molecule has 212 valence electrons. The van der Waals surface area contributed by atoms with E-state index in [2.05, 4.69) is 34.3 Å². The van der Waals surface area contributed by atoms with E-state index >= 15 is 0 Å². The summed E-state index contributed by atoms with van der Waals surface area (Å²) in [5, 5.41) is 1.06. The van der Waals surface area contributed by atoms with Crippen LogP contribution in [0.2, 0.25) is 0 Å². The van der Waals surface area contributed by atoms with Crippen molar-refractivity contribution in [2.75, 3.05) is 34.2 Å². The molecule has 1 aromatic heterocycles. The Balaban J connectivity index is 1.29. The summed E-state index contributed by atoms with van der Waals surface area (Å²) >= 11 is 0. The summed E-state index contributed by atoms with van der Waals surface area (Å²) in [6.45, 7) is 4.19. The van der Waals surface area contributed by atoms with E-state index in [9.17, 15) is 4.79 Å². The Hall–Kier alpha value is -4.17. The maximum atomic E-state index is 12.5. The normalized spacial score (nSPS) is 18.9. The molecule has 8 heteroatoms. The number of rotatable bonds is 7. The van der Waals surface area contributed by atoms with Gasteiger partial charge in [-0.25, -0.2) is 4.79 Å². The van der Waals surface area contributed by atoms with Crippen LogP contribution in [0.25, 0.3) is 10.9 Å². The fourth-order valence-corrected chi connectivity index (χ4v) is 6.98. The minimum atomic E-state index is -0.294. The zero-order valence-electron chi connectivity index (χ0n) is 23.6. The Morgan fingerprint density at radius 1 is 1.05 bits per heavy atom. The maximum absolute atomic E-state index is 12.5. The van der Waals surface area contributed by atoms with E-state index in [1.165, 1.54) is 27.8 Å². The molecule has 0 amide bonds. The van der Waals surface area contributed by atoms with E-state index in [-0.39, 0.29) is 24.7 Å². The van der Waals surface area contributed by atoms with Gasteiger partial charge in [0.15, 0.2) is 23.0 Å². The fourth-order valence-electron chi connectivity index (χ4n) is 6.98. The number of aromatic nitrogens is 1. The SMILES string of the molecule is CCOC(=O)c1ccc2[nH]cc(CCC3c4ccc(OC)c(OC)c4CN4CCc5cc6c(cc5C34)OCO6)c2c1. The van der Waals surface area contributed by atoms with Crippen LogP contribution in [0.3, 0.4) is 0 Å². The van der Waals surface area contributed by atoms with Crippen molar-refractivity contribution in [1.29, 1.82) is 0 Å².